The minimum Gasteiger partial charge on any atom is -0.477 e. The predicted molar refractivity (Wildman–Crippen MR) is 76.2 cm³/mol. The van der Waals surface area contributed by atoms with E-state index in [-0.39, 0.29) is 10.6 Å². The lowest BCUT2D eigenvalue weighted by atomic mass is 10.3. The number of morpholine rings is 1. The molecular weight excluding hydrogens is 340 g/mol. The number of hydrogen-bond donors (Lipinski definition) is 1. The van der Waals surface area contributed by atoms with Crippen molar-refractivity contribution in [3.8, 4) is 0 Å². The smallest absolute Gasteiger partial charge is 0.343 e. The third kappa shape index (κ3) is 2.19. The van der Waals surface area contributed by atoms with Crippen molar-refractivity contribution in [3.05, 3.63) is 9.39 Å². The fraction of sp³-hybridized carbons (Fsp3) is 0.600. The highest BCUT2D eigenvalue weighted by Crippen LogP contribution is 2.51. The van der Waals surface area contributed by atoms with Crippen LogP contribution in [0, 0.1) is 0 Å². The van der Waals surface area contributed by atoms with E-state index < -0.39 is 5.97 Å². The zero-order valence-electron chi connectivity index (χ0n) is 9.34. The normalized spacial score (nSPS) is 31.6. The number of aliphatic imine (C=N–C) groups is 1. The van der Waals surface area contributed by atoms with E-state index in [1.165, 1.54) is 11.8 Å². The second-order valence-corrected chi connectivity index (χ2v) is 7.13. The zero-order valence-corrected chi connectivity index (χ0v) is 12.6. The molecule has 3 aliphatic rings. The maximum Gasteiger partial charge on any atom is 0.343 e. The van der Waals surface area contributed by atoms with Crippen LogP contribution in [0.3, 0.4) is 0 Å². The molecule has 0 aromatic rings. The van der Waals surface area contributed by atoms with E-state index in [9.17, 15) is 4.79 Å². The van der Waals surface area contributed by atoms with Crippen LogP contribution in [0.15, 0.2) is 14.4 Å². The molecule has 5 nitrogen and oxygen atoms in total. The molecule has 3 aliphatic heterocycles. The maximum atomic E-state index is 11.0. The monoisotopic (exact) mass is 350 g/mol. The predicted octanol–water partition coefficient (Wildman–Crippen LogP) is 1.55. The van der Waals surface area contributed by atoms with Crippen LogP contribution >= 0.6 is 39.5 Å². The lowest BCUT2D eigenvalue weighted by molar-refractivity contribution is -0.131. The highest BCUT2D eigenvalue weighted by Gasteiger charge is 2.43. The summed E-state index contributed by atoms with van der Waals surface area (Å²) < 4.78 is 6.08. The third-order valence-corrected chi connectivity index (χ3v) is 7.11. The first-order valence-electron chi connectivity index (χ1n) is 5.53. The Morgan fingerprint density at radius 3 is 2.78 bits per heavy atom. The number of rotatable bonds is 1. The van der Waals surface area contributed by atoms with Crippen LogP contribution in [0.5, 0.6) is 0 Å². The van der Waals surface area contributed by atoms with Gasteiger partial charge in [-0.15, -0.1) is 0 Å². The summed E-state index contributed by atoms with van der Waals surface area (Å²) in [5.41, 5.74) is 0. The number of carboxylic acid groups (broad SMARTS) is 1. The van der Waals surface area contributed by atoms with Crippen molar-refractivity contribution in [1.29, 1.82) is 0 Å². The van der Waals surface area contributed by atoms with Crippen molar-refractivity contribution in [1.82, 2.24) is 4.90 Å². The van der Waals surface area contributed by atoms with Gasteiger partial charge in [-0.2, -0.15) is 0 Å². The summed E-state index contributed by atoms with van der Waals surface area (Å²) in [4.78, 5) is 18.3. The Hall–Kier alpha value is -0.180. The van der Waals surface area contributed by atoms with E-state index in [1.54, 1.807) is 11.8 Å². The summed E-state index contributed by atoms with van der Waals surface area (Å²) in [6.45, 7) is 3.20. The van der Waals surface area contributed by atoms with E-state index in [2.05, 4.69) is 25.8 Å². The Morgan fingerprint density at radius 1 is 1.44 bits per heavy atom. The molecule has 0 aliphatic carbocycles. The van der Waals surface area contributed by atoms with E-state index >= 15 is 0 Å². The molecular formula is C10H11BrN2O3S2. The second-order valence-electron chi connectivity index (χ2n) is 4.04. The molecule has 3 rings (SSSR count). The highest BCUT2D eigenvalue weighted by atomic mass is 79.9. The standard InChI is InChI=1S/C10H11BrN2O3S2/c11-5-6-8(17-7(5)9(14)15)12-10(18-6)13-1-3-16-4-2-13/h6,8H,1-4H2,(H,14,15). The quantitative estimate of drug-likeness (QED) is 0.774. The van der Waals surface area contributed by atoms with Gasteiger partial charge in [0.05, 0.1) is 18.5 Å². The van der Waals surface area contributed by atoms with Gasteiger partial charge in [-0.3, -0.25) is 0 Å². The number of halogens is 1. The molecule has 0 spiro atoms. The Bertz CT molecular complexity index is 448. The summed E-state index contributed by atoms with van der Waals surface area (Å²) in [7, 11) is 0. The molecule has 0 aromatic heterocycles. The van der Waals surface area contributed by atoms with Crippen molar-refractivity contribution < 1.29 is 14.6 Å². The van der Waals surface area contributed by atoms with Crippen molar-refractivity contribution in [2.75, 3.05) is 26.3 Å². The average Bonchev–Trinajstić information content (AvgIpc) is 2.91. The van der Waals surface area contributed by atoms with E-state index in [0.29, 0.717) is 4.91 Å². The molecule has 0 aromatic carbocycles. The second kappa shape index (κ2) is 5.07. The van der Waals surface area contributed by atoms with Crippen LogP contribution in [0.25, 0.3) is 0 Å². The molecule has 1 saturated heterocycles. The Kier molecular flexibility index (Phi) is 3.61. The maximum absolute atomic E-state index is 11.0. The van der Waals surface area contributed by atoms with Gasteiger partial charge in [0, 0.05) is 17.6 Å². The van der Waals surface area contributed by atoms with E-state index in [4.69, 9.17) is 9.84 Å². The third-order valence-electron chi connectivity index (χ3n) is 2.91. The molecule has 0 radical (unpaired) electrons. The van der Waals surface area contributed by atoms with Crippen LogP contribution in [-0.2, 0) is 9.53 Å². The minimum atomic E-state index is -0.870. The van der Waals surface area contributed by atoms with Gasteiger partial charge in [0.15, 0.2) is 5.17 Å². The highest BCUT2D eigenvalue weighted by molar-refractivity contribution is 9.12. The molecule has 3 heterocycles. The molecule has 8 heteroatoms. The molecule has 2 atom stereocenters. The van der Waals surface area contributed by atoms with Gasteiger partial charge in [-0.1, -0.05) is 39.5 Å². The Morgan fingerprint density at radius 2 is 2.17 bits per heavy atom. The summed E-state index contributed by atoms with van der Waals surface area (Å²) in [6, 6.07) is 0. The minimum absolute atomic E-state index is 0.00619. The fourth-order valence-corrected chi connectivity index (χ4v) is 5.77. The lowest BCUT2D eigenvalue weighted by Crippen LogP contribution is -2.39. The molecule has 0 bridgehead atoms. The summed E-state index contributed by atoms with van der Waals surface area (Å²) in [5.74, 6) is -0.870. The first-order valence-corrected chi connectivity index (χ1v) is 8.09. The topological polar surface area (TPSA) is 62.1 Å². The number of carbonyl (C=O) groups is 1. The van der Waals surface area contributed by atoms with Gasteiger partial charge in [0.1, 0.15) is 10.3 Å². The van der Waals surface area contributed by atoms with Crippen molar-refractivity contribution >= 4 is 50.6 Å². The first kappa shape index (κ1) is 12.8. The Balaban J connectivity index is 1.72. The summed E-state index contributed by atoms with van der Waals surface area (Å²) >= 11 is 6.39. The number of ether oxygens (including phenoxy) is 1. The van der Waals surface area contributed by atoms with Gasteiger partial charge >= 0.3 is 5.97 Å². The number of hydrogen-bond acceptors (Lipinski definition) is 6. The number of thioether (sulfide) groups is 2. The molecule has 2 unspecified atom stereocenters. The van der Waals surface area contributed by atoms with Gasteiger partial charge in [0.25, 0.3) is 0 Å². The van der Waals surface area contributed by atoms with Crippen LogP contribution in [0.2, 0.25) is 0 Å². The Labute approximate surface area is 121 Å². The van der Waals surface area contributed by atoms with Crippen LogP contribution < -0.4 is 0 Å². The largest absolute Gasteiger partial charge is 0.477 e. The van der Waals surface area contributed by atoms with Gasteiger partial charge < -0.3 is 14.7 Å². The first-order chi connectivity index (χ1) is 8.66. The van der Waals surface area contributed by atoms with Crippen LogP contribution in [-0.4, -0.2) is 58.1 Å². The molecule has 1 fully saturated rings. The number of carboxylic acids is 1. The van der Waals surface area contributed by atoms with Crippen LogP contribution in [0.4, 0.5) is 0 Å². The zero-order chi connectivity index (χ0) is 12.7. The van der Waals surface area contributed by atoms with E-state index in [0.717, 1.165) is 36.0 Å². The fourth-order valence-electron chi connectivity index (χ4n) is 2.01. The van der Waals surface area contributed by atoms with Crippen molar-refractivity contribution in [2.45, 2.75) is 10.6 Å². The van der Waals surface area contributed by atoms with Crippen molar-refractivity contribution in [2.24, 2.45) is 4.99 Å². The number of aliphatic carboxylic acids is 1. The molecule has 98 valence electrons. The van der Waals surface area contributed by atoms with Gasteiger partial charge in [-0.05, 0) is 0 Å². The van der Waals surface area contributed by atoms with E-state index in [1.807, 2.05) is 0 Å². The molecule has 0 amide bonds. The number of nitrogens with zero attached hydrogens (tertiary/aromatic N) is 2. The molecule has 18 heavy (non-hydrogen) atoms. The summed E-state index contributed by atoms with van der Waals surface area (Å²) in [6.07, 6.45) is 0. The lowest BCUT2D eigenvalue weighted by Gasteiger charge is -2.28. The number of amidine groups is 1. The van der Waals surface area contributed by atoms with Gasteiger partial charge in [-0.25, -0.2) is 9.79 Å². The number of fused-ring (bicyclic) bond motifs is 1. The van der Waals surface area contributed by atoms with Crippen LogP contribution in [0.1, 0.15) is 0 Å². The van der Waals surface area contributed by atoms with Gasteiger partial charge in [0.2, 0.25) is 0 Å². The SMILES string of the molecule is O=C(O)C1=C(Br)C2SC(N3CCOCC3)=NC2S1. The average molecular weight is 351 g/mol. The summed E-state index contributed by atoms with van der Waals surface area (Å²) in [5, 5.41) is 10.2. The molecule has 0 saturated carbocycles. The molecule has 1 N–H and O–H groups in total. The van der Waals surface area contributed by atoms with Crippen molar-refractivity contribution in [3.63, 3.8) is 0 Å².